The highest BCUT2D eigenvalue weighted by Gasteiger charge is 2.32. The molecule has 0 aliphatic heterocycles. The Morgan fingerprint density at radius 2 is 1.84 bits per heavy atom. The molecular formula is C16H21BrFN. The number of benzene rings is 1. The summed E-state index contributed by atoms with van der Waals surface area (Å²) in [6.45, 7) is 0. The molecule has 3 heteroatoms. The lowest BCUT2D eigenvalue weighted by atomic mass is 9.69. The maximum Gasteiger partial charge on any atom is 0.146 e. The van der Waals surface area contributed by atoms with E-state index in [9.17, 15) is 4.39 Å². The molecule has 3 atom stereocenters. The Labute approximate surface area is 123 Å². The summed E-state index contributed by atoms with van der Waals surface area (Å²) in [5, 5.41) is 3.42. The van der Waals surface area contributed by atoms with Crippen molar-refractivity contribution in [2.24, 2.45) is 11.8 Å². The summed E-state index contributed by atoms with van der Waals surface area (Å²) >= 11 is 3.41. The Morgan fingerprint density at radius 3 is 2.68 bits per heavy atom. The number of hydrogen-bond acceptors (Lipinski definition) is 1. The molecule has 2 aliphatic carbocycles. The summed E-state index contributed by atoms with van der Waals surface area (Å²) < 4.78 is 14.7. The van der Waals surface area contributed by atoms with Gasteiger partial charge in [0.1, 0.15) is 5.82 Å². The van der Waals surface area contributed by atoms with Crippen LogP contribution in [0.1, 0.15) is 44.9 Å². The van der Waals surface area contributed by atoms with Crippen LogP contribution in [0.3, 0.4) is 0 Å². The molecule has 0 radical (unpaired) electrons. The largest absolute Gasteiger partial charge is 0.380 e. The highest BCUT2D eigenvalue weighted by Crippen LogP contribution is 2.41. The van der Waals surface area contributed by atoms with Gasteiger partial charge in [-0.3, -0.25) is 0 Å². The molecule has 0 heterocycles. The molecule has 19 heavy (non-hydrogen) atoms. The number of anilines is 1. The molecule has 104 valence electrons. The van der Waals surface area contributed by atoms with Gasteiger partial charge in [-0.15, -0.1) is 0 Å². The summed E-state index contributed by atoms with van der Waals surface area (Å²) in [5.41, 5.74) is 0.647. The summed E-state index contributed by atoms with van der Waals surface area (Å²) in [6.07, 6.45) is 9.33. The minimum atomic E-state index is -0.144. The predicted octanol–water partition coefficient (Wildman–Crippen LogP) is 5.36. The quantitative estimate of drug-likeness (QED) is 0.771. The van der Waals surface area contributed by atoms with Crippen LogP contribution >= 0.6 is 15.9 Å². The van der Waals surface area contributed by atoms with E-state index in [1.54, 1.807) is 6.07 Å². The van der Waals surface area contributed by atoms with E-state index in [4.69, 9.17) is 0 Å². The summed E-state index contributed by atoms with van der Waals surface area (Å²) in [7, 11) is 0. The van der Waals surface area contributed by atoms with Gasteiger partial charge in [0.25, 0.3) is 0 Å². The van der Waals surface area contributed by atoms with Crippen LogP contribution in [0.15, 0.2) is 22.7 Å². The summed E-state index contributed by atoms with van der Waals surface area (Å²) in [6, 6.07) is 5.57. The van der Waals surface area contributed by atoms with E-state index in [-0.39, 0.29) is 5.82 Å². The van der Waals surface area contributed by atoms with Crippen LogP contribution in [0, 0.1) is 17.7 Å². The molecular weight excluding hydrogens is 305 g/mol. The van der Waals surface area contributed by atoms with Crippen molar-refractivity contribution < 1.29 is 4.39 Å². The van der Waals surface area contributed by atoms with Crippen molar-refractivity contribution in [3.63, 3.8) is 0 Å². The molecule has 3 rings (SSSR count). The Bertz CT molecular complexity index is 448. The number of rotatable bonds is 2. The highest BCUT2D eigenvalue weighted by molar-refractivity contribution is 9.10. The van der Waals surface area contributed by atoms with E-state index in [1.165, 1.54) is 51.0 Å². The number of halogens is 2. The summed E-state index contributed by atoms with van der Waals surface area (Å²) in [4.78, 5) is 0. The van der Waals surface area contributed by atoms with Gasteiger partial charge in [0, 0.05) is 10.5 Å². The topological polar surface area (TPSA) is 12.0 Å². The van der Waals surface area contributed by atoms with E-state index in [0.717, 1.165) is 16.3 Å². The molecule has 2 aliphatic rings. The number of hydrogen-bond donors (Lipinski definition) is 1. The average molecular weight is 326 g/mol. The monoisotopic (exact) mass is 325 g/mol. The van der Waals surface area contributed by atoms with Gasteiger partial charge in [0.15, 0.2) is 0 Å². The molecule has 0 saturated heterocycles. The first-order valence-electron chi connectivity index (χ1n) is 7.44. The van der Waals surface area contributed by atoms with Crippen LogP contribution in [-0.2, 0) is 0 Å². The van der Waals surface area contributed by atoms with Gasteiger partial charge in [0.05, 0.1) is 5.69 Å². The molecule has 0 bridgehead atoms. The van der Waals surface area contributed by atoms with E-state index in [0.29, 0.717) is 11.7 Å². The van der Waals surface area contributed by atoms with Gasteiger partial charge in [0.2, 0.25) is 0 Å². The van der Waals surface area contributed by atoms with Crippen molar-refractivity contribution in [2.75, 3.05) is 5.32 Å². The lowest BCUT2D eigenvalue weighted by Gasteiger charge is -2.39. The lowest BCUT2D eigenvalue weighted by Crippen LogP contribution is -2.34. The molecule has 1 aromatic carbocycles. The van der Waals surface area contributed by atoms with Gasteiger partial charge < -0.3 is 5.32 Å². The van der Waals surface area contributed by atoms with E-state index in [1.807, 2.05) is 6.07 Å². The molecule has 1 N–H and O–H groups in total. The van der Waals surface area contributed by atoms with E-state index < -0.39 is 0 Å². The Morgan fingerprint density at radius 1 is 1.05 bits per heavy atom. The second-order valence-electron chi connectivity index (χ2n) is 6.08. The SMILES string of the molecule is Fc1ccc(Br)cc1NC1CCC2CCCCC2C1. The fourth-order valence-electron chi connectivity index (χ4n) is 3.83. The fraction of sp³-hybridized carbons (Fsp3) is 0.625. The third kappa shape index (κ3) is 3.13. The van der Waals surface area contributed by atoms with Gasteiger partial charge >= 0.3 is 0 Å². The molecule has 0 aromatic heterocycles. The van der Waals surface area contributed by atoms with Crippen molar-refractivity contribution >= 4 is 21.6 Å². The summed E-state index contributed by atoms with van der Waals surface area (Å²) in [5.74, 6) is 1.67. The predicted molar refractivity (Wildman–Crippen MR) is 80.8 cm³/mol. The maximum atomic E-state index is 13.8. The minimum absolute atomic E-state index is 0.144. The van der Waals surface area contributed by atoms with Gasteiger partial charge in [-0.25, -0.2) is 4.39 Å². The Hall–Kier alpha value is -0.570. The van der Waals surface area contributed by atoms with Crippen LogP contribution in [0.5, 0.6) is 0 Å². The van der Waals surface area contributed by atoms with Crippen molar-refractivity contribution in [3.05, 3.63) is 28.5 Å². The molecule has 1 nitrogen and oxygen atoms in total. The van der Waals surface area contributed by atoms with Crippen molar-refractivity contribution in [1.82, 2.24) is 0 Å². The first-order chi connectivity index (χ1) is 9.22. The smallest absolute Gasteiger partial charge is 0.146 e. The average Bonchev–Trinajstić information content (AvgIpc) is 2.43. The maximum absolute atomic E-state index is 13.8. The normalized spacial score (nSPS) is 30.7. The zero-order chi connectivity index (χ0) is 13.2. The second-order valence-corrected chi connectivity index (χ2v) is 7.00. The lowest BCUT2D eigenvalue weighted by molar-refractivity contribution is 0.162. The minimum Gasteiger partial charge on any atom is -0.380 e. The fourth-order valence-corrected chi connectivity index (χ4v) is 4.19. The second kappa shape index (κ2) is 5.82. The third-order valence-electron chi connectivity index (χ3n) is 4.83. The molecule has 1 aromatic rings. The zero-order valence-electron chi connectivity index (χ0n) is 11.2. The van der Waals surface area contributed by atoms with Crippen molar-refractivity contribution in [1.29, 1.82) is 0 Å². The third-order valence-corrected chi connectivity index (χ3v) is 5.32. The Balaban J connectivity index is 1.65. The highest BCUT2D eigenvalue weighted by atomic mass is 79.9. The van der Waals surface area contributed by atoms with Crippen molar-refractivity contribution in [3.8, 4) is 0 Å². The molecule has 3 unspecified atom stereocenters. The van der Waals surface area contributed by atoms with E-state index >= 15 is 0 Å². The molecule has 0 spiro atoms. The molecule has 2 saturated carbocycles. The zero-order valence-corrected chi connectivity index (χ0v) is 12.8. The van der Waals surface area contributed by atoms with Crippen molar-refractivity contribution in [2.45, 2.75) is 51.0 Å². The van der Waals surface area contributed by atoms with Gasteiger partial charge in [-0.05, 0) is 49.3 Å². The number of fused-ring (bicyclic) bond motifs is 1. The van der Waals surface area contributed by atoms with Gasteiger partial charge in [-0.1, -0.05) is 41.6 Å². The van der Waals surface area contributed by atoms with Crippen LogP contribution in [0.4, 0.5) is 10.1 Å². The van der Waals surface area contributed by atoms with Gasteiger partial charge in [-0.2, -0.15) is 0 Å². The van der Waals surface area contributed by atoms with Crippen LogP contribution in [0.25, 0.3) is 0 Å². The first kappa shape index (κ1) is 13.4. The van der Waals surface area contributed by atoms with E-state index in [2.05, 4.69) is 21.2 Å². The van der Waals surface area contributed by atoms with Crippen LogP contribution in [0.2, 0.25) is 0 Å². The van der Waals surface area contributed by atoms with Crippen LogP contribution in [-0.4, -0.2) is 6.04 Å². The molecule has 2 fully saturated rings. The van der Waals surface area contributed by atoms with Crippen LogP contribution < -0.4 is 5.32 Å². The Kier molecular flexibility index (Phi) is 4.11. The molecule has 0 amide bonds. The standard InChI is InChI=1S/C16H21BrFN/c17-13-6-8-15(18)16(10-13)19-14-7-5-11-3-1-2-4-12(11)9-14/h6,8,10-12,14,19H,1-5,7,9H2. The first-order valence-corrected chi connectivity index (χ1v) is 8.23. The number of nitrogens with one attached hydrogen (secondary N) is 1.